The summed E-state index contributed by atoms with van der Waals surface area (Å²) in [5, 5.41) is 2.95. The van der Waals surface area contributed by atoms with Crippen molar-refractivity contribution in [1.29, 1.82) is 0 Å². The van der Waals surface area contributed by atoms with E-state index in [1.54, 1.807) is 24.5 Å². The molecule has 0 aliphatic carbocycles. The third kappa shape index (κ3) is 4.74. The second-order valence-corrected chi connectivity index (χ2v) is 7.49. The molecule has 0 saturated heterocycles. The van der Waals surface area contributed by atoms with Gasteiger partial charge in [0.2, 0.25) is 0 Å². The highest BCUT2D eigenvalue weighted by Gasteiger charge is 2.12. The molecule has 2 aromatic carbocycles. The van der Waals surface area contributed by atoms with Crippen molar-refractivity contribution in [1.82, 2.24) is 19.9 Å². The summed E-state index contributed by atoms with van der Waals surface area (Å²) in [6, 6.07) is 17.6. The quantitative estimate of drug-likeness (QED) is 0.433. The van der Waals surface area contributed by atoms with Crippen LogP contribution in [0.2, 0.25) is 0 Å². The van der Waals surface area contributed by atoms with E-state index in [0.29, 0.717) is 18.7 Å². The van der Waals surface area contributed by atoms with Gasteiger partial charge in [0.1, 0.15) is 11.6 Å². The molecule has 1 N–H and O–H groups in total. The molecule has 6 heteroatoms. The van der Waals surface area contributed by atoms with Crippen LogP contribution < -0.4 is 10.1 Å². The second kappa shape index (κ2) is 9.43. The second-order valence-electron chi connectivity index (χ2n) is 7.49. The molecule has 0 fully saturated rings. The highest BCUT2D eigenvalue weighted by Crippen LogP contribution is 2.21. The number of rotatable bonds is 8. The van der Waals surface area contributed by atoms with E-state index in [4.69, 9.17) is 9.72 Å². The van der Waals surface area contributed by atoms with Crippen LogP contribution >= 0.6 is 0 Å². The highest BCUT2D eigenvalue weighted by molar-refractivity contribution is 5.93. The van der Waals surface area contributed by atoms with Crippen LogP contribution in [0, 0.1) is 13.8 Å². The van der Waals surface area contributed by atoms with Crippen LogP contribution in [0.25, 0.3) is 11.0 Å². The maximum absolute atomic E-state index is 12.4. The Kier molecular flexibility index (Phi) is 6.26. The predicted molar refractivity (Wildman–Crippen MR) is 121 cm³/mol. The monoisotopic (exact) mass is 414 g/mol. The van der Waals surface area contributed by atoms with Crippen molar-refractivity contribution < 1.29 is 9.53 Å². The van der Waals surface area contributed by atoms with Gasteiger partial charge >= 0.3 is 0 Å². The topological polar surface area (TPSA) is 69.0 Å². The number of imidazole rings is 1. The smallest absolute Gasteiger partial charge is 0.253 e. The van der Waals surface area contributed by atoms with Crippen LogP contribution in [0.4, 0.5) is 0 Å². The zero-order valence-corrected chi connectivity index (χ0v) is 17.8. The Hall–Kier alpha value is -3.67. The Labute approximate surface area is 181 Å². The molecule has 4 rings (SSSR count). The predicted octanol–water partition coefficient (Wildman–Crippen LogP) is 4.45. The van der Waals surface area contributed by atoms with Crippen LogP contribution in [-0.4, -0.2) is 27.0 Å². The van der Waals surface area contributed by atoms with Gasteiger partial charge in [0, 0.05) is 18.9 Å². The van der Waals surface area contributed by atoms with E-state index < -0.39 is 0 Å². The van der Waals surface area contributed by atoms with E-state index in [9.17, 15) is 4.79 Å². The lowest BCUT2D eigenvalue weighted by Gasteiger charge is -2.13. The Balaban J connectivity index is 1.43. The van der Waals surface area contributed by atoms with Crippen molar-refractivity contribution in [2.24, 2.45) is 0 Å². The largest absolute Gasteiger partial charge is 0.493 e. The molecule has 31 heavy (non-hydrogen) atoms. The fourth-order valence-electron chi connectivity index (χ4n) is 3.55. The molecular weight excluding hydrogens is 388 g/mol. The lowest BCUT2D eigenvalue weighted by Crippen LogP contribution is -2.25. The summed E-state index contributed by atoms with van der Waals surface area (Å²) in [6.45, 7) is 5.88. The van der Waals surface area contributed by atoms with Gasteiger partial charge in [-0.15, -0.1) is 0 Å². The van der Waals surface area contributed by atoms with Crippen LogP contribution in [0.3, 0.4) is 0 Å². The molecule has 0 spiro atoms. The van der Waals surface area contributed by atoms with Gasteiger partial charge in [0.15, 0.2) is 0 Å². The molecule has 0 aliphatic heterocycles. The molecule has 0 atom stereocenters. The lowest BCUT2D eigenvalue weighted by molar-refractivity contribution is 0.0949. The van der Waals surface area contributed by atoms with Gasteiger partial charge in [-0.25, -0.2) is 4.98 Å². The number of hydrogen-bond acceptors (Lipinski definition) is 4. The van der Waals surface area contributed by atoms with Crippen molar-refractivity contribution in [3.8, 4) is 5.75 Å². The van der Waals surface area contributed by atoms with Crippen molar-refractivity contribution in [2.75, 3.05) is 6.61 Å². The Morgan fingerprint density at radius 3 is 2.77 bits per heavy atom. The van der Waals surface area contributed by atoms with Crippen LogP contribution in [0.1, 0.15) is 33.7 Å². The first-order chi connectivity index (χ1) is 15.1. The van der Waals surface area contributed by atoms with Gasteiger partial charge in [-0.05, 0) is 61.7 Å². The van der Waals surface area contributed by atoms with Gasteiger partial charge in [0.05, 0.1) is 29.7 Å². The molecule has 0 unspecified atom stereocenters. The minimum atomic E-state index is -0.162. The van der Waals surface area contributed by atoms with Crippen molar-refractivity contribution in [3.05, 3.63) is 89.5 Å². The molecule has 4 aromatic rings. The third-order valence-electron chi connectivity index (χ3n) is 5.40. The van der Waals surface area contributed by atoms with E-state index in [-0.39, 0.29) is 5.91 Å². The molecule has 1 amide bonds. The van der Waals surface area contributed by atoms with Crippen LogP contribution in [-0.2, 0) is 13.1 Å². The first kappa shape index (κ1) is 20.6. The van der Waals surface area contributed by atoms with Gasteiger partial charge in [-0.2, -0.15) is 0 Å². The van der Waals surface area contributed by atoms with Crippen LogP contribution in [0.5, 0.6) is 5.75 Å². The maximum atomic E-state index is 12.4. The van der Waals surface area contributed by atoms with Gasteiger partial charge in [-0.1, -0.05) is 24.3 Å². The number of benzene rings is 2. The third-order valence-corrected chi connectivity index (χ3v) is 5.40. The number of ether oxygens (including phenoxy) is 1. The number of aromatic nitrogens is 3. The van der Waals surface area contributed by atoms with Crippen molar-refractivity contribution in [3.63, 3.8) is 0 Å². The number of fused-ring (bicyclic) bond motifs is 1. The summed E-state index contributed by atoms with van der Waals surface area (Å²) in [5.74, 6) is 1.59. The number of amides is 1. The normalized spacial score (nSPS) is 10.9. The summed E-state index contributed by atoms with van der Waals surface area (Å²) >= 11 is 0. The molecule has 0 saturated carbocycles. The van der Waals surface area contributed by atoms with E-state index >= 15 is 0 Å². The Bertz CT molecular complexity index is 1180. The van der Waals surface area contributed by atoms with Gasteiger partial charge in [0.25, 0.3) is 5.91 Å². The molecule has 2 heterocycles. The average molecular weight is 415 g/mol. The minimum Gasteiger partial charge on any atom is -0.493 e. The summed E-state index contributed by atoms with van der Waals surface area (Å²) in [5.41, 5.74) is 4.91. The number of nitrogens with one attached hydrogen (secondary N) is 1. The fourth-order valence-corrected chi connectivity index (χ4v) is 3.55. The first-order valence-electron chi connectivity index (χ1n) is 10.4. The lowest BCUT2D eigenvalue weighted by atomic mass is 10.1. The first-order valence-corrected chi connectivity index (χ1v) is 10.4. The SMILES string of the molecule is Cc1cccc(OCCCn2c(CNC(=O)c3cccnc3)nc3ccccc32)c1C. The summed E-state index contributed by atoms with van der Waals surface area (Å²) < 4.78 is 8.17. The van der Waals surface area contributed by atoms with E-state index in [1.165, 1.54) is 11.1 Å². The van der Waals surface area contributed by atoms with E-state index in [0.717, 1.165) is 35.6 Å². The Morgan fingerprint density at radius 1 is 1.06 bits per heavy atom. The minimum absolute atomic E-state index is 0.162. The number of carbonyl (C=O) groups is 1. The van der Waals surface area contributed by atoms with Gasteiger partial charge < -0.3 is 14.6 Å². The molecule has 0 radical (unpaired) electrons. The average Bonchev–Trinajstić information content (AvgIpc) is 3.15. The molecule has 0 bridgehead atoms. The van der Waals surface area contributed by atoms with E-state index in [2.05, 4.69) is 40.8 Å². The Morgan fingerprint density at radius 2 is 1.94 bits per heavy atom. The summed E-state index contributed by atoms with van der Waals surface area (Å²) in [6.07, 6.45) is 4.04. The number of para-hydroxylation sites is 2. The number of aryl methyl sites for hydroxylation is 2. The molecular formula is C25H26N4O2. The van der Waals surface area contributed by atoms with Crippen molar-refractivity contribution >= 4 is 16.9 Å². The molecule has 158 valence electrons. The molecule has 6 nitrogen and oxygen atoms in total. The number of nitrogens with zero attached hydrogens (tertiary/aromatic N) is 3. The van der Waals surface area contributed by atoms with E-state index in [1.807, 2.05) is 30.3 Å². The summed E-state index contributed by atoms with van der Waals surface area (Å²) in [4.78, 5) is 21.1. The maximum Gasteiger partial charge on any atom is 0.253 e. The standard InChI is InChI=1S/C25H26N4O2/c1-18-8-5-12-23(19(18)2)31-15-7-14-29-22-11-4-3-10-21(22)28-24(29)17-27-25(30)20-9-6-13-26-16-20/h3-6,8-13,16H,7,14-15,17H2,1-2H3,(H,27,30). The molecule has 2 aromatic heterocycles. The molecule has 0 aliphatic rings. The zero-order valence-electron chi connectivity index (χ0n) is 17.8. The number of hydrogen-bond donors (Lipinski definition) is 1. The fraction of sp³-hybridized carbons (Fsp3) is 0.240. The zero-order chi connectivity index (χ0) is 21.6. The van der Waals surface area contributed by atoms with Crippen molar-refractivity contribution in [2.45, 2.75) is 33.4 Å². The van der Waals surface area contributed by atoms with Gasteiger partial charge in [-0.3, -0.25) is 9.78 Å². The number of carbonyl (C=O) groups excluding carboxylic acids is 1. The van der Waals surface area contributed by atoms with Crippen LogP contribution in [0.15, 0.2) is 67.0 Å². The summed E-state index contributed by atoms with van der Waals surface area (Å²) in [7, 11) is 0. The highest BCUT2D eigenvalue weighted by atomic mass is 16.5. The number of pyridine rings is 1.